The van der Waals surface area contributed by atoms with E-state index >= 15 is 0 Å². The van der Waals surface area contributed by atoms with Gasteiger partial charge in [0, 0.05) is 6.54 Å². The largest absolute Gasteiger partial charge is 0.504 e. The number of methoxy groups -OCH3 is 2. The van der Waals surface area contributed by atoms with E-state index in [1.54, 1.807) is 30.3 Å². The van der Waals surface area contributed by atoms with E-state index < -0.39 is 6.09 Å². The fourth-order valence-corrected chi connectivity index (χ4v) is 2.23. The van der Waals surface area contributed by atoms with Crippen LogP contribution in [0.3, 0.4) is 0 Å². The number of carbonyl (C=O) groups excluding carboxylic acids is 1. The number of allylic oxidation sites excluding steroid dienone is 1. The molecule has 6 heteroatoms. The standard InChI is InChI=1S/C19H21NO5/c1-4-5-13-7-9-16(18(10-13)24-3)25-19(22)20-12-14-6-8-15(21)17(11-14)23-2/h4,6-11,21H,1,5,12H2,2-3H3,(H,20,22). The predicted molar refractivity (Wildman–Crippen MR) is 94.4 cm³/mol. The molecule has 0 unspecified atom stereocenters. The SMILES string of the molecule is C=CCc1ccc(OC(=O)NCc2ccc(O)c(OC)c2)c(OC)c1. The molecule has 25 heavy (non-hydrogen) atoms. The number of nitrogens with one attached hydrogen (secondary N) is 1. The van der Waals surface area contributed by atoms with Crippen molar-refractivity contribution in [3.8, 4) is 23.0 Å². The number of hydrogen-bond acceptors (Lipinski definition) is 5. The summed E-state index contributed by atoms with van der Waals surface area (Å²) < 4.78 is 15.6. The summed E-state index contributed by atoms with van der Waals surface area (Å²) >= 11 is 0. The first kappa shape index (κ1) is 18.2. The number of rotatable bonds is 7. The van der Waals surface area contributed by atoms with Gasteiger partial charge in [-0.05, 0) is 41.8 Å². The summed E-state index contributed by atoms with van der Waals surface area (Å²) in [5.41, 5.74) is 1.77. The zero-order chi connectivity index (χ0) is 18.2. The minimum atomic E-state index is -0.609. The summed E-state index contributed by atoms with van der Waals surface area (Å²) in [4.78, 5) is 12.0. The Morgan fingerprint density at radius 2 is 1.76 bits per heavy atom. The Balaban J connectivity index is 1.99. The lowest BCUT2D eigenvalue weighted by Crippen LogP contribution is -2.26. The second kappa shape index (κ2) is 8.63. The first-order valence-electron chi connectivity index (χ1n) is 7.66. The van der Waals surface area contributed by atoms with E-state index in [9.17, 15) is 9.90 Å². The molecule has 0 saturated carbocycles. The lowest BCUT2D eigenvalue weighted by atomic mass is 10.1. The summed E-state index contributed by atoms with van der Waals surface area (Å²) in [6.07, 6.45) is 1.88. The molecule has 2 aromatic rings. The van der Waals surface area contributed by atoms with Crippen LogP contribution in [0.15, 0.2) is 49.1 Å². The molecule has 0 fully saturated rings. The van der Waals surface area contributed by atoms with Crippen LogP contribution in [0.2, 0.25) is 0 Å². The Morgan fingerprint density at radius 1 is 1.08 bits per heavy atom. The van der Waals surface area contributed by atoms with Crippen LogP contribution in [0.25, 0.3) is 0 Å². The van der Waals surface area contributed by atoms with Gasteiger partial charge in [0.2, 0.25) is 0 Å². The van der Waals surface area contributed by atoms with Crippen LogP contribution in [0.5, 0.6) is 23.0 Å². The average molecular weight is 343 g/mol. The summed E-state index contributed by atoms with van der Waals surface area (Å²) in [5.74, 6) is 1.18. The summed E-state index contributed by atoms with van der Waals surface area (Å²) in [5, 5.41) is 12.2. The van der Waals surface area contributed by atoms with Crippen LogP contribution in [0.4, 0.5) is 4.79 Å². The number of ether oxygens (including phenoxy) is 3. The number of aromatic hydroxyl groups is 1. The van der Waals surface area contributed by atoms with E-state index in [0.717, 1.165) is 11.1 Å². The number of phenols is 1. The van der Waals surface area contributed by atoms with Crippen LogP contribution in [-0.4, -0.2) is 25.4 Å². The van der Waals surface area contributed by atoms with Crippen molar-refractivity contribution in [1.82, 2.24) is 5.32 Å². The summed E-state index contributed by atoms with van der Waals surface area (Å²) in [6, 6.07) is 10.2. The van der Waals surface area contributed by atoms with E-state index in [0.29, 0.717) is 23.7 Å². The molecule has 2 N–H and O–H groups in total. The Bertz CT molecular complexity index is 757. The van der Waals surface area contributed by atoms with Gasteiger partial charge in [-0.2, -0.15) is 0 Å². The van der Waals surface area contributed by atoms with Gasteiger partial charge in [-0.25, -0.2) is 4.79 Å². The Kier molecular flexibility index (Phi) is 6.28. The number of benzene rings is 2. The van der Waals surface area contributed by atoms with Gasteiger partial charge in [0.1, 0.15) is 0 Å². The molecule has 0 atom stereocenters. The third-order valence-corrected chi connectivity index (χ3v) is 3.49. The summed E-state index contributed by atoms with van der Waals surface area (Å²) in [7, 11) is 2.98. The normalized spacial score (nSPS) is 10.0. The average Bonchev–Trinajstić information content (AvgIpc) is 2.62. The maximum Gasteiger partial charge on any atom is 0.413 e. The van der Waals surface area contributed by atoms with Crippen LogP contribution in [0, 0.1) is 0 Å². The van der Waals surface area contributed by atoms with Crippen LogP contribution in [-0.2, 0) is 13.0 Å². The zero-order valence-corrected chi connectivity index (χ0v) is 14.2. The van der Waals surface area contributed by atoms with Crippen molar-refractivity contribution in [2.75, 3.05) is 14.2 Å². The molecule has 0 heterocycles. The lowest BCUT2D eigenvalue weighted by Gasteiger charge is -2.12. The lowest BCUT2D eigenvalue weighted by molar-refractivity contribution is 0.198. The quantitative estimate of drug-likeness (QED) is 0.753. The molecule has 132 valence electrons. The molecule has 0 saturated heterocycles. The molecule has 0 radical (unpaired) electrons. The molecule has 0 bridgehead atoms. The van der Waals surface area contributed by atoms with E-state index in [4.69, 9.17) is 14.2 Å². The fraction of sp³-hybridized carbons (Fsp3) is 0.211. The van der Waals surface area contributed by atoms with Crippen molar-refractivity contribution in [3.63, 3.8) is 0 Å². The highest BCUT2D eigenvalue weighted by atomic mass is 16.6. The van der Waals surface area contributed by atoms with Crippen molar-refractivity contribution in [2.24, 2.45) is 0 Å². The van der Waals surface area contributed by atoms with Crippen LogP contribution >= 0.6 is 0 Å². The Hall–Kier alpha value is -3.15. The minimum absolute atomic E-state index is 0.0400. The molecular weight excluding hydrogens is 322 g/mol. The third kappa shape index (κ3) is 4.91. The van der Waals surface area contributed by atoms with Crippen molar-refractivity contribution in [3.05, 3.63) is 60.2 Å². The molecular formula is C19H21NO5. The topological polar surface area (TPSA) is 77.0 Å². The van der Waals surface area contributed by atoms with Crippen LogP contribution in [0.1, 0.15) is 11.1 Å². The molecule has 0 aliphatic carbocycles. The second-order valence-electron chi connectivity index (χ2n) is 5.23. The van der Waals surface area contributed by atoms with E-state index in [1.807, 2.05) is 6.07 Å². The first-order chi connectivity index (χ1) is 12.1. The Morgan fingerprint density at radius 3 is 2.44 bits per heavy atom. The highest BCUT2D eigenvalue weighted by Crippen LogP contribution is 2.29. The molecule has 0 spiro atoms. The van der Waals surface area contributed by atoms with Gasteiger partial charge in [-0.1, -0.05) is 18.2 Å². The van der Waals surface area contributed by atoms with E-state index in [1.165, 1.54) is 20.3 Å². The molecule has 2 aromatic carbocycles. The number of carbonyl (C=O) groups is 1. The van der Waals surface area contributed by atoms with Gasteiger partial charge >= 0.3 is 6.09 Å². The Labute approximate surface area is 146 Å². The fourth-order valence-electron chi connectivity index (χ4n) is 2.23. The molecule has 6 nitrogen and oxygen atoms in total. The van der Waals surface area contributed by atoms with Crippen LogP contribution < -0.4 is 19.5 Å². The summed E-state index contributed by atoms with van der Waals surface area (Å²) in [6.45, 7) is 3.92. The molecule has 0 aromatic heterocycles. The van der Waals surface area contributed by atoms with E-state index in [2.05, 4.69) is 11.9 Å². The highest BCUT2D eigenvalue weighted by molar-refractivity contribution is 5.71. The van der Waals surface area contributed by atoms with Gasteiger partial charge in [0.15, 0.2) is 23.0 Å². The second-order valence-corrected chi connectivity index (χ2v) is 5.23. The maximum absolute atomic E-state index is 12.0. The third-order valence-electron chi connectivity index (χ3n) is 3.49. The maximum atomic E-state index is 12.0. The molecule has 0 aliphatic heterocycles. The number of phenolic OH excluding ortho intramolecular Hbond substituents is 1. The van der Waals surface area contributed by atoms with Gasteiger partial charge in [-0.15, -0.1) is 6.58 Å². The van der Waals surface area contributed by atoms with Gasteiger partial charge < -0.3 is 24.6 Å². The smallest absolute Gasteiger partial charge is 0.413 e. The predicted octanol–water partition coefficient (Wildman–Crippen LogP) is 3.43. The highest BCUT2D eigenvalue weighted by Gasteiger charge is 2.11. The van der Waals surface area contributed by atoms with Crippen molar-refractivity contribution >= 4 is 6.09 Å². The molecule has 2 rings (SSSR count). The minimum Gasteiger partial charge on any atom is -0.504 e. The first-order valence-corrected chi connectivity index (χ1v) is 7.66. The monoisotopic (exact) mass is 343 g/mol. The van der Waals surface area contributed by atoms with E-state index in [-0.39, 0.29) is 12.3 Å². The molecule has 0 aliphatic rings. The zero-order valence-electron chi connectivity index (χ0n) is 14.2. The number of hydrogen-bond donors (Lipinski definition) is 2. The van der Waals surface area contributed by atoms with Crippen molar-refractivity contribution < 1.29 is 24.1 Å². The van der Waals surface area contributed by atoms with Crippen molar-refractivity contribution in [1.29, 1.82) is 0 Å². The number of amides is 1. The van der Waals surface area contributed by atoms with Gasteiger partial charge in [0.25, 0.3) is 0 Å². The van der Waals surface area contributed by atoms with Gasteiger partial charge in [-0.3, -0.25) is 0 Å². The van der Waals surface area contributed by atoms with Gasteiger partial charge in [0.05, 0.1) is 14.2 Å². The van der Waals surface area contributed by atoms with Crippen molar-refractivity contribution in [2.45, 2.75) is 13.0 Å². The molecule has 1 amide bonds.